The van der Waals surface area contributed by atoms with Crippen LogP contribution in [0, 0.1) is 5.41 Å². The molecule has 1 aromatic heterocycles. The first kappa shape index (κ1) is 16.2. The zero-order valence-corrected chi connectivity index (χ0v) is 13.9. The van der Waals surface area contributed by atoms with Crippen LogP contribution >= 0.6 is 11.3 Å². The summed E-state index contributed by atoms with van der Waals surface area (Å²) in [6, 6.07) is -0.260. The summed E-state index contributed by atoms with van der Waals surface area (Å²) in [6.07, 6.45) is 4.60. The predicted molar refractivity (Wildman–Crippen MR) is 84.5 cm³/mol. The van der Waals surface area contributed by atoms with Crippen LogP contribution in [-0.2, 0) is 16.3 Å². The third kappa shape index (κ3) is 4.96. The van der Waals surface area contributed by atoms with Crippen LogP contribution in [0.2, 0.25) is 0 Å². The fourth-order valence-electron chi connectivity index (χ4n) is 2.41. The largest absolute Gasteiger partial charge is 0.338 e. The van der Waals surface area contributed by atoms with E-state index in [-0.39, 0.29) is 17.2 Å². The van der Waals surface area contributed by atoms with Crippen LogP contribution in [0.3, 0.4) is 0 Å². The van der Waals surface area contributed by atoms with E-state index in [0.29, 0.717) is 13.0 Å². The Morgan fingerprint density at radius 3 is 2.76 bits per heavy atom. The molecule has 8 heteroatoms. The lowest BCUT2D eigenvalue weighted by molar-refractivity contribution is 0.251. The number of hydrogen-bond acceptors (Lipinski definition) is 5. The number of urea groups is 1. The number of sulfone groups is 1. The summed E-state index contributed by atoms with van der Waals surface area (Å²) >= 11 is 1.40. The molecule has 0 aromatic carbocycles. The second kappa shape index (κ2) is 6.31. The molecule has 21 heavy (non-hydrogen) atoms. The molecule has 1 fully saturated rings. The number of anilines is 1. The molecule has 1 aliphatic rings. The molecular weight excluding hydrogens is 310 g/mol. The van der Waals surface area contributed by atoms with E-state index in [1.54, 1.807) is 5.51 Å². The van der Waals surface area contributed by atoms with E-state index in [1.807, 2.05) is 6.92 Å². The molecule has 0 saturated heterocycles. The normalized spacial score (nSPS) is 16.5. The van der Waals surface area contributed by atoms with Crippen molar-refractivity contribution in [3.63, 3.8) is 0 Å². The fourth-order valence-corrected chi connectivity index (χ4v) is 4.73. The minimum Gasteiger partial charge on any atom is -0.338 e. The predicted octanol–water partition coefficient (Wildman–Crippen LogP) is 2.04. The zero-order valence-electron chi connectivity index (χ0n) is 12.3. The molecule has 0 spiro atoms. The van der Waals surface area contributed by atoms with E-state index >= 15 is 0 Å². The Hall–Kier alpha value is -1.15. The lowest BCUT2D eigenvalue weighted by Crippen LogP contribution is -2.31. The van der Waals surface area contributed by atoms with E-state index in [4.69, 9.17) is 0 Å². The van der Waals surface area contributed by atoms with Gasteiger partial charge in [0.05, 0.1) is 17.0 Å². The van der Waals surface area contributed by atoms with Gasteiger partial charge in [0.1, 0.15) is 14.8 Å². The summed E-state index contributed by atoms with van der Waals surface area (Å²) in [5.41, 5.74) is 2.48. The van der Waals surface area contributed by atoms with Gasteiger partial charge in [-0.2, -0.15) is 0 Å². The van der Waals surface area contributed by atoms with Crippen LogP contribution in [-0.4, -0.2) is 38.0 Å². The molecule has 1 heterocycles. The number of nitrogens with one attached hydrogen (secondary N) is 2. The summed E-state index contributed by atoms with van der Waals surface area (Å²) in [4.78, 5) is 16.0. The van der Waals surface area contributed by atoms with Crippen LogP contribution < -0.4 is 10.6 Å². The molecule has 0 aliphatic heterocycles. The van der Waals surface area contributed by atoms with Gasteiger partial charge < -0.3 is 5.32 Å². The van der Waals surface area contributed by atoms with Crippen molar-refractivity contribution in [3.8, 4) is 0 Å². The number of aryl methyl sites for hydroxylation is 1. The first-order valence-electron chi connectivity index (χ1n) is 6.98. The highest BCUT2D eigenvalue weighted by molar-refractivity contribution is 7.90. The first-order valence-corrected chi connectivity index (χ1v) is 9.92. The van der Waals surface area contributed by atoms with Gasteiger partial charge in [-0.05, 0) is 31.1 Å². The molecule has 2 N–H and O–H groups in total. The van der Waals surface area contributed by atoms with Crippen molar-refractivity contribution in [2.24, 2.45) is 5.41 Å². The highest BCUT2D eigenvalue weighted by Gasteiger charge is 2.44. The minimum atomic E-state index is -2.95. The van der Waals surface area contributed by atoms with Crippen LogP contribution in [0.25, 0.3) is 0 Å². The van der Waals surface area contributed by atoms with Crippen molar-refractivity contribution in [2.45, 2.75) is 32.6 Å². The van der Waals surface area contributed by atoms with E-state index < -0.39 is 9.84 Å². The third-order valence-corrected chi connectivity index (χ3v) is 5.59. The van der Waals surface area contributed by atoms with Crippen molar-refractivity contribution >= 4 is 32.2 Å². The molecule has 6 nitrogen and oxygen atoms in total. The molecule has 2 rings (SSSR count). The lowest BCUT2D eigenvalue weighted by atomic mass is 10.1. The van der Waals surface area contributed by atoms with Crippen LogP contribution in [0.5, 0.6) is 0 Å². The SMILES string of the molecule is CCc1ncsc1NC(=O)NCCC1(CS(C)(=O)=O)CC1. The summed E-state index contributed by atoms with van der Waals surface area (Å²) < 4.78 is 22.7. The number of aromatic nitrogens is 1. The molecule has 1 aliphatic carbocycles. The van der Waals surface area contributed by atoms with E-state index in [2.05, 4.69) is 15.6 Å². The molecule has 0 atom stereocenters. The van der Waals surface area contributed by atoms with Crippen LogP contribution in [0.1, 0.15) is 31.9 Å². The van der Waals surface area contributed by atoms with Crippen molar-refractivity contribution in [2.75, 3.05) is 23.9 Å². The first-order chi connectivity index (χ1) is 9.84. The third-order valence-electron chi connectivity index (χ3n) is 3.67. The molecule has 118 valence electrons. The smallest absolute Gasteiger partial charge is 0.319 e. The van der Waals surface area contributed by atoms with E-state index in [0.717, 1.165) is 30.0 Å². The van der Waals surface area contributed by atoms with Crippen molar-refractivity contribution < 1.29 is 13.2 Å². The molecule has 0 bridgehead atoms. The number of amides is 2. The van der Waals surface area contributed by atoms with Gasteiger partial charge in [-0.25, -0.2) is 18.2 Å². The van der Waals surface area contributed by atoms with Gasteiger partial charge in [0, 0.05) is 12.8 Å². The van der Waals surface area contributed by atoms with Gasteiger partial charge in [-0.3, -0.25) is 5.32 Å². The minimum absolute atomic E-state index is 0.111. The van der Waals surface area contributed by atoms with Crippen LogP contribution in [0.4, 0.5) is 9.80 Å². The number of hydrogen-bond donors (Lipinski definition) is 2. The number of rotatable bonds is 7. The maximum Gasteiger partial charge on any atom is 0.319 e. The average Bonchev–Trinajstić information content (AvgIpc) is 2.96. The van der Waals surface area contributed by atoms with Crippen molar-refractivity contribution in [3.05, 3.63) is 11.2 Å². The fraction of sp³-hybridized carbons (Fsp3) is 0.692. The van der Waals surface area contributed by atoms with Crippen molar-refractivity contribution in [1.29, 1.82) is 0 Å². The Morgan fingerprint density at radius 2 is 2.19 bits per heavy atom. The Labute approximate surface area is 129 Å². The Morgan fingerprint density at radius 1 is 1.48 bits per heavy atom. The molecular formula is C13H21N3O3S2. The number of carbonyl (C=O) groups is 1. The summed E-state index contributed by atoms with van der Waals surface area (Å²) in [7, 11) is -2.95. The van der Waals surface area contributed by atoms with Gasteiger partial charge in [-0.1, -0.05) is 6.92 Å². The number of carbonyl (C=O) groups excluding carboxylic acids is 1. The Balaban J connectivity index is 1.75. The number of thiazole rings is 1. The Bertz CT molecular complexity index is 606. The lowest BCUT2D eigenvalue weighted by Gasteiger charge is -2.14. The number of nitrogens with zero attached hydrogens (tertiary/aromatic N) is 1. The van der Waals surface area contributed by atoms with E-state index in [1.165, 1.54) is 17.6 Å². The molecule has 1 aromatic rings. The van der Waals surface area contributed by atoms with Crippen LogP contribution in [0.15, 0.2) is 5.51 Å². The van der Waals surface area contributed by atoms with Crippen molar-refractivity contribution in [1.82, 2.24) is 10.3 Å². The van der Waals surface area contributed by atoms with Gasteiger partial charge in [0.15, 0.2) is 0 Å². The topological polar surface area (TPSA) is 88.2 Å². The maximum absolute atomic E-state index is 11.8. The molecule has 0 radical (unpaired) electrons. The molecule has 1 saturated carbocycles. The Kier molecular flexibility index (Phi) is 4.88. The highest BCUT2D eigenvalue weighted by atomic mass is 32.2. The quantitative estimate of drug-likeness (QED) is 0.800. The van der Waals surface area contributed by atoms with Gasteiger partial charge >= 0.3 is 6.03 Å². The maximum atomic E-state index is 11.8. The highest BCUT2D eigenvalue weighted by Crippen LogP contribution is 2.49. The average molecular weight is 331 g/mol. The second-order valence-corrected chi connectivity index (χ2v) is 8.68. The van der Waals surface area contributed by atoms with Gasteiger partial charge in [0.2, 0.25) is 0 Å². The second-order valence-electron chi connectivity index (χ2n) is 5.68. The zero-order chi connectivity index (χ0) is 15.5. The van der Waals surface area contributed by atoms with Gasteiger partial charge in [-0.15, -0.1) is 11.3 Å². The van der Waals surface area contributed by atoms with E-state index in [9.17, 15) is 13.2 Å². The monoisotopic (exact) mass is 331 g/mol. The standard InChI is InChI=1S/C13H21N3O3S2/c1-3-10-11(20-9-15-10)16-12(17)14-7-6-13(4-5-13)8-21(2,18)19/h9H,3-8H2,1-2H3,(H2,14,16,17). The molecule has 2 amide bonds. The summed E-state index contributed by atoms with van der Waals surface area (Å²) in [6.45, 7) is 2.47. The van der Waals surface area contributed by atoms with Gasteiger partial charge in [0.25, 0.3) is 0 Å². The molecule has 0 unspecified atom stereocenters. The summed E-state index contributed by atoms with van der Waals surface area (Å²) in [5, 5.41) is 6.34. The summed E-state index contributed by atoms with van der Waals surface area (Å²) in [5.74, 6) is 0.220.